The summed E-state index contributed by atoms with van der Waals surface area (Å²) in [6, 6.07) is 0. The van der Waals surface area contributed by atoms with Crippen molar-refractivity contribution in [2.45, 2.75) is 6.92 Å². The molecule has 1 amide bonds. The summed E-state index contributed by atoms with van der Waals surface area (Å²) < 4.78 is 0. The van der Waals surface area contributed by atoms with E-state index in [-0.39, 0.29) is 5.91 Å². The molecule has 0 saturated carbocycles. The molecular formula is C5H8BrNO. The summed E-state index contributed by atoms with van der Waals surface area (Å²) in [5, 5.41) is 2.87. The van der Waals surface area contributed by atoms with Crippen molar-refractivity contribution in [1.82, 2.24) is 5.32 Å². The Hall–Kier alpha value is -0.310. The van der Waals surface area contributed by atoms with Gasteiger partial charge in [-0.2, -0.15) is 0 Å². The molecule has 0 heterocycles. The van der Waals surface area contributed by atoms with E-state index in [1.165, 1.54) is 0 Å². The molecule has 0 radical (unpaired) electrons. The highest BCUT2D eigenvalue weighted by atomic mass is 79.9. The minimum Gasteiger partial charge on any atom is -0.332 e. The average Bonchev–Trinajstić information content (AvgIpc) is 1.83. The molecule has 0 aromatic rings. The number of halogens is 1. The van der Waals surface area contributed by atoms with E-state index in [9.17, 15) is 4.79 Å². The van der Waals surface area contributed by atoms with Crippen LogP contribution in [-0.4, -0.2) is 11.2 Å². The SMILES string of the molecule is CC=CNC(=O)CBr. The smallest absolute Gasteiger partial charge is 0.234 e. The van der Waals surface area contributed by atoms with Gasteiger partial charge in [0, 0.05) is 0 Å². The zero-order valence-electron chi connectivity index (χ0n) is 4.65. The second kappa shape index (κ2) is 4.84. The van der Waals surface area contributed by atoms with Gasteiger partial charge in [0.25, 0.3) is 0 Å². The summed E-state index contributed by atoms with van der Waals surface area (Å²) in [6.07, 6.45) is 3.37. The first-order valence-corrected chi connectivity index (χ1v) is 3.40. The van der Waals surface area contributed by atoms with Crippen LogP contribution >= 0.6 is 15.9 Å². The van der Waals surface area contributed by atoms with Gasteiger partial charge in [-0.05, 0) is 13.1 Å². The van der Waals surface area contributed by atoms with Gasteiger partial charge in [0.1, 0.15) is 0 Å². The summed E-state index contributed by atoms with van der Waals surface area (Å²) in [5.74, 6) is -0.0249. The largest absolute Gasteiger partial charge is 0.332 e. The average molecular weight is 178 g/mol. The zero-order valence-corrected chi connectivity index (χ0v) is 6.23. The highest BCUT2D eigenvalue weighted by molar-refractivity contribution is 9.09. The summed E-state index contributed by atoms with van der Waals surface area (Å²) >= 11 is 3.00. The van der Waals surface area contributed by atoms with Gasteiger partial charge >= 0.3 is 0 Å². The van der Waals surface area contributed by atoms with Crippen LogP contribution in [0.3, 0.4) is 0 Å². The Morgan fingerprint density at radius 2 is 2.50 bits per heavy atom. The number of amides is 1. The fourth-order valence-corrected chi connectivity index (χ4v) is 0.377. The molecular weight excluding hydrogens is 170 g/mol. The summed E-state index contributed by atoms with van der Waals surface area (Å²) in [6.45, 7) is 1.84. The van der Waals surface area contributed by atoms with Crippen LogP contribution in [0.1, 0.15) is 6.92 Å². The van der Waals surface area contributed by atoms with E-state index < -0.39 is 0 Å². The maximum Gasteiger partial charge on any atom is 0.234 e. The molecule has 3 heteroatoms. The number of carbonyl (C=O) groups is 1. The zero-order chi connectivity index (χ0) is 6.41. The van der Waals surface area contributed by atoms with Crippen LogP contribution in [0.4, 0.5) is 0 Å². The van der Waals surface area contributed by atoms with Crippen molar-refractivity contribution in [2.75, 3.05) is 5.33 Å². The molecule has 46 valence electrons. The quantitative estimate of drug-likeness (QED) is 0.628. The highest BCUT2D eigenvalue weighted by Crippen LogP contribution is 1.77. The second-order valence-corrected chi connectivity index (χ2v) is 1.76. The molecule has 0 fully saturated rings. The van der Waals surface area contributed by atoms with Crippen LogP contribution in [0.2, 0.25) is 0 Å². The Bertz CT molecular complexity index is 101. The highest BCUT2D eigenvalue weighted by Gasteiger charge is 1.88. The fourth-order valence-electron chi connectivity index (χ4n) is 0.215. The Morgan fingerprint density at radius 1 is 1.88 bits per heavy atom. The monoisotopic (exact) mass is 177 g/mol. The molecule has 1 N–H and O–H groups in total. The molecule has 0 bridgehead atoms. The third kappa shape index (κ3) is 3.87. The fraction of sp³-hybridized carbons (Fsp3) is 0.400. The molecule has 0 aliphatic rings. The third-order valence-electron chi connectivity index (χ3n) is 0.532. The third-order valence-corrected chi connectivity index (χ3v) is 1.04. The standard InChI is InChI=1S/C5H8BrNO/c1-2-3-7-5(8)4-6/h2-3H,4H2,1H3,(H,7,8). The molecule has 0 rings (SSSR count). The summed E-state index contributed by atoms with van der Waals surface area (Å²) in [7, 11) is 0. The van der Waals surface area contributed by atoms with Crippen molar-refractivity contribution in [1.29, 1.82) is 0 Å². The molecule has 0 spiro atoms. The van der Waals surface area contributed by atoms with Crippen molar-refractivity contribution in [2.24, 2.45) is 0 Å². The summed E-state index contributed by atoms with van der Waals surface area (Å²) in [5.41, 5.74) is 0. The first kappa shape index (κ1) is 7.69. The second-order valence-electron chi connectivity index (χ2n) is 1.20. The van der Waals surface area contributed by atoms with E-state index in [1.807, 2.05) is 6.92 Å². The minimum atomic E-state index is -0.0249. The molecule has 0 aromatic heterocycles. The van der Waals surface area contributed by atoms with Gasteiger partial charge < -0.3 is 5.32 Å². The lowest BCUT2D eigenvalue weighted by atomic mass is 10.6. The number of allylic oxidation sites excluding steroid dienone is 1. The van der Waals surface area contributed by atoms with Crippen LogP contribution in [0.15, 0.2) is 12.3 Å². The number of hydrogen-bond acceptors (Lipinski definition) is 1. The maximum atomic E-state index is 10.4. The van der Waals surface area contributed by atoms with Crippen molar-refractivity contribution in [3.63, 3.8) is 0 Å². The number of hydrogen-bond donors (Lipinski definition) is 1. The molecule has 2 nitrogen and oxygen atoms in total. The van der Waals surface area contributed by atoms with Crippen LogP contribution < -0.4 is 5.32 Å². The number of carbonyl (C=O) groups excluding carboxylic acids is 1. The molecule has 0 aliphatic carbocycles. The molecule has 8 heavy (non-hydrogen) atoms. The normalized spacial score (nSPS) is 9.75. The first-order valence-electron chi connectivity index (χ1n) is 2.27. The lowest BCUT2D eigenvalue weighted by Gasteiger charge is -1.89. The van der Waals surface area contributed by atoms with Gasteiger partial charge in [-0.15, -0.1) is 0 Å². The first-order chi connectivity index (χ1) is 3.81. The topological polar surface area (TPSA) is 29.1 Å². The molecule has 0 atom stereocenters. The van der Waals surface area contributed by atoms with Crippen LogP contribution in [0.25, 0.3) is 0 Å². The van der Waals surface area contributed by atoms with Crippen molar-refractivity contribution in [3.8, 4) is 0 Å². The Labute approximate surface area is 57.1 Å². The van der Waals surface area contributed by atoms with E-state index >= 15 is 0 Å². The Kier molecular flexibility index (Phi) is 4.65. The van der Waals surface area contributed by atoms with Gasteiger partial charge in [-0.25, -0.2) is 0 Å². The lowest BCUT2D eigenvalue weighted by Crippen LogP contribution is -2.17. The van der Waals surface area contributed by atoms with E-state index in [4.69, 9.17) is 0 Å². The Morgan fingerprint density at radius 3 is 2.88 bits per heavy atom. The van der Waals surface area contributed by atoms with Gasteiger partial charge in [0.05, 0.1) is 5.33 Å². The van der Waals surface area contributed by atoms with E-state index in [0.717, 1.165) is 0 Å². The van der Waals surface area contributed by atoms with Gasteiger partial charge in [0.2, 0.25) is 5.91 Å². The van der Waals surface area contributed by atoms with Gasteiger partial charge in [-0.1, -0.05) is 22.0 Å². The van der Waals surface area contributed by atoms with Crippen LogP contribution in [-0.2, 0) is 4.79 Å². The lowest BCUT2D eigenvalue weighted by molar-refractivity contribution is -0.117. The van der Waals surface area contributed by atoms with Crippen LogP contribution in [0, 0.1) is 0 Å². The predicted molar refractivity (Wildman–Crippen MR) is 36.8 cm³/mol. The Balaban J connectivity index is 3.25. The van der Waals surface area contributed by atoms with E-state index in [2.05, 4.69) is 21.2 Å². The van der Waals surface area contributed by atoms with E-state index in [0.29, 0.717) is 5.33 Å². The molecule has 0 saturated heterocycles. The van der Waals surface area contributed by atoms with Crippen LogP contribution in [0.5, 0.6) is 0 Å². The molecule has 0 aliphatic heterocycles. The van der Waals surface area contributed by atoms with E-state index in [1.54, 1.807) is 12.3 Å². The van der Waals surface area contributed by atoms with Crippen molar-refractivity contribution >= 4 is 21.8 Å². The van der Waals surface area contributed by atoms with Crippen molar-refractivity contribution in [3.05, 3.63) is 12.3 Å². The summed E-state index contributed by atoms with van der Waals surface area (Å²) in [4.78, 5) is 10.4. The predicted octanol–water partition coefficient (Wildman–Crippen LogP) is 1.03. The van der Waals surface area contributed by atoms with Gasteiger partial charge in [-0.3, -0.25) is 4.79 Å². The maximum absolute atomic E-state index is 10.4. The number of rotatable bonds is 2. The molecule has 0 unspecified atom stereocenters. The minimum absolute atomic E-state index is 0.0249. The number of alkyl halides is 1. The number of nitrogens with one attached hydrogen (secondary N) is 1. The van der Waals surface area contributed by atoms with Gasteiger partial charge in [0.15, 0.2) is 0 Å². The van der Waals surface area contributed by atoms with Crippen molar-refractivity contribution < 1.29 is 4.79 Å². The molecule has 0 aromatic carbocycles.